The summed E-state index contributed by atoms with van der Waals surface area (Å²) in [6, 6.07) is 1.99. The van der Waals surface area contributed by atoms with E-state index in [9.17, 15) is 0 Å². The Kier molecular flexibility index (Phi) is 3.83. The summed E-state index contributed by atoms with van der Waals surface area (Å²) in [5.41, 5.74) is 0. The fourth-order valence-corrected chi connectivity index (χ4v) is 0.312. The third-order valence-electron chi connectivity index (χ3n) is 0.756. The molecule has 0 aromatic rings. The largest absolute Gasteiger partial charge is 0.198 e. The smallest absolute Gasteiger partial charge is 0.0637 e. The Labute approximate surface area is 48.9 Å². The maximum absolute atomic E-state index is 8.03. The molecular weight excluding hydrogens is 110 g/mol. The Hall–Kier alpha value is -0.220. The van der Waals surface area contributed by atoms with Crippen LogP contribution >= 0.6 is 11.6 Å². The summed E-state index contributed by atoms with van der Waals surface area (Å²) < 4.78 is 0. The van der Waals surface area contributed by atoms with Crippen LogP contribution in [0.3, 0.4) is 0 Å². The standard InChI is InChI=1S/C5H8ClN/c1-2-5(6)3-4-7/h5H,2-3H2,1H3/t5-/m0/s1. The van der Waals surface area contributed by atoms with Gasteiger partial charge in [-0.3, -0.25) is 0 Å². The quantitative estimate of drug-likeness (QED) is 0.507. The van der Waals surface area contributed by atoms with Gasteiger partial charge in [-0.2, -0.15) is 5.26 Å². The highest BCUT2D eigenvalue weighted by Crippen LogP contribution is 2.03. The predicted octanol–water partition coefficient (Wildman–Crippen LogP) is 1.92. The van der Waals surface area contributed by atoms with Crippen molar-refractivity contribution >= 4 is 11.6 Å². The van der Waals surface area contributed by atoms with E-state index in [4.69, 9.17) is 16.9 Å². The van der Waals surface area contributed by atoms with Gasteiger partial charge in [0.05, 0.1) is 12.5 Å². The van der Waals surface area contributed by atoms with E-state index in [0.29, 0.717) is 6.42 Å². The first kappa shape index (κ1) is 6.78. The molecule has 0 aromatic heterocycles. The van der Waals surface area contributed by atoms with Gasteiger partial charge in [0, 0.05) is 5.38 Å². The fraction of sp³-hybridized carbons (Fsp3) is 0.800. The molecule has 0 aliphatic rings. The first-order valence-corrected chi connectivity index (χ1v) is 2.76. The second-order valence-corrected chi connectivity index (χ2v) is 1.98. The minimum absolute atomic E-state index is 0.0602. The van der Waals surface area contributed by atoms with Crippen molar-refractivity contribution in [1.29, 1.82) is 5.26 Å². The summed E-state index contributed by atoms with van der Waals surface area (Å²) in [5.74, 6) is 0. The van der Waals surface area contributed by atoms with E-state index >= 15 is 0 Å². The number of hydrogen-bond donors (Lipinski definition) is 0. The molecule has 2 heteroatoms. The van der Waals surface area contributed by atoms with E-state index in [1.165, 1.54) is 0 Å². The lowest BCUT2D eigenvalue weighted by molar-refractivity contribution is 0.832. The van der Waals surface area contributed by atoms with Gasteiger partial charge in [0.15, 0.2) is 0 Å². The van der Waals surface area contributed by atoms with Gasteiger partial charge < -0.3 is 0 Å². The zero-order valence-electron chi connectivity index (χ0n) is 4.32. The SMILES string of the molecule is CC[C@H](Cl)CC#N. The van der Waals surface area contributed by atoms with Crippen molar-refractivity contribution in [3.05, 3.63) is 0 Å². The van der Waals surface area contributed by atoms with Crippen molar-refractivity contribution in [3.63, 3.8) is 0 Å². The van der Waals surface area contributed by atoms with Gasteiger partial charge in [-0.05, 0) is 6.42 Å². The second-order valence-electron chi connectivity index (χ2n) is 1.37. The summed E-state index contributed by atoms with van der Waals surface area (Å²) in [7, 11) is 0. The average molecular weight is 118 g/mol. The Morgan fingerprint density at radius 1 is 1.86 bits per heavy atom. The number of hydrogen-bond acceptors (Lipinski definition) is 1. The molecule has 0 saturated heterocycles. The monoisotopic (exact) mass is 117 g/mol. The normalized spacial score (nSPS) is 12.7. The van der Waals surface area contributed by atoms with Crippen LogP contribution in [0.2, 0.25) is 0 Å². The predicted molar refractivity (Wildman–Crippen MR) is 30.2 cm³/mol. The van der Waals surface area contributed by atoms with Crippen LogP contribution in [0.1, 0.15) is 19.8 Å². The van der Waals surface area contributed by atoms with Crippen molar-refractivity contribution in [1.82, 2.24) is 0 Å². The Balaban J connectivity index is 3.03. The maximum atomic E-state index is 8.03. The van der Waals surface area contributed by atoms with Crippen LogP contribution in [0.15, 0.2) is 0 Å². The number of alkyl halides is 1. The van der Waals surface area contributed by atoms with Crippen LogP contribution in [0.5, 0.6) is 0 Å². The fourth-order valence-electron chi connectivity index (χ4n) is 0.243. The zero-order valence-corrected chi connectivity index (χ0v) is 5.07. The number of rotatable bonds is 2. The van der Waals surface area contributed by atoms with E-state index in [1.54, 1.807) is 0 Å². The van der Waals surface area contributed by atoms with Gasteiger partial charge in [-0.15, -0.1) is 11.6 Å². The Morgan fingerprint density at radius 2 is 2.43 bits per heavy atom. The van der Waals surface area contributed by atoms with E-state index in [0.717, 1.165) is 6.42 Å². The third kappa shape index (κ3) is 3.61. The van der Waals surface area contributed by atoms with Crippen molar-refractivity contribution in [2.75, 3.05) is 0 Å². The Bertz CT molecular complexity index is 74.6. The third-order valence-corrected chi connectivity index (χ3v) is 1.22. The molecule has 0 aliphatic carbocycles. The van der Waals surface area contributed by atoms with Crippen molar-refractivity contribution < 1.29 is 0 Å². The summed E-state index contributed by atoms with van der Waals surface area (Å²) >= 11 is 5.54. The lowest BCUT2D eigenvalue weighted by Gasteiger charge is -1.93. The van der Waals surface area contributed by atoms with Gasteiger partial charge in [0.1, 0.15) is 0 Å². The summed E-state index contributed by atoms with van der Waals surface area (Å²) in [6.45, 7) is 1.97. The molecule has 7 heavy (non-hydrogen) atoms. The first-order chi connectivity index (χ1) is 3.31. The zero-order chi connectivity index (χ0) is 5.70. The minimum Gasteiger partial charge on any atom is -0.198 e. The van der Waals surface area contributed by atoms with E-state index < -0.39 is 0 Å². The lowest BCUT2D eigenvalue weighted by atomic mass is 10.3. The van der Waals surface area contributed by atoms with Crippen LogP contribution in [0, 0.1) is 11.3 Å². The molecule has 0 N–H and O–H groups in total. The molecule has 0 aromatic carbocycles. The van der Waals surface area contributed by atoms with Crippen LogP contribution in [-0.4, -0.2) is 5.38 Å². The van der Waals surface area contributed by atoms with Gasteiger partial charge in [0.25, 0.3) is 0 Å². The summed E-state index contributed by atoms with van der Waals surface area (Å²) in [5, 5.41) is 8.09. The average Bonchev–Trinajstić information content (AvgIpc) is 1.68. The molecule has 0 spiro atoms. The summed E-state index contributed by atoms with van der Waals surface area (Å²) in [4.78, 5) is 0. The molecule has 1 atom stereocenters. The highest BCUT2D eigenvalue weighted by Gasteiger charge is 1.96. The highest BCUT2D eigenvalue weighted by atomic mass is 35.5. The number of nitrogens with zero attached hydrogens (tertiary/aromatic N) is 1. The molecule has 1 nitrogen and oxygen atoms in total. The second kappa shape index (κ2) is 3.95. The van der Waals surface area contributed by atoms with Crippen molar-refractivity contribution in [2.24, 2.45) is 0 Å². The van der Waals surface area contributed by atoms with Crippen LogP contribution in [-0.2, 0) is 0 Å². The van der Waals surface area contributed by atoms with E-state index in [-0.39, 0.29) is 5.38 Å². The van der Waals surface area contributed by atoms with E-state index in [1.807, 2.05) is 13.0 Å². The van der Waals surface area contributed by atoms with Gasteiger partial charge in [-0.25, -0.2) is 0 Å². The van der Waals surface area contributed by atoms with Crippen LogP contribution < -0.4 is 0 Å². The number of halogens is 1. The van der Waals surface area contributed by atoms with Crippen molar-refractivity contribution in [2.45, 2.75) is 25.1 Å². The van der Waals surface area contributed by atoms with Gasteiger partial charge >= 0.3 is 0 Å². The van der Waals surface area contributed by atoms with Crippen LogP contribution in [0.25, 0.3) is 0 Å². The lowest BCUT2D eigenvalue weighted by Crippen LogP contribution is -1.91. The number of nitriles is 1. The Morgan fingerprint density at radius 3 is 2.57 bits per heavy atom. The van der Waals surface area contributed by atoms with E-state index in [2.05, 4.69) is 0 Å². The first-order valence-electron chi connectivity index (χ1n) is 2.32. The molecule has 0 rings (SSSR count). The van der Waals surface area contributed by atoms with Crippen LogP contribution in [0.4, 0.5) is 0 Å². The molecule has 40 valence electrons. The minimum atomic E-state index is 0.0602. The molecule has 0 aliphatic heterocycles. The molecule has 0 heterocycles. The van der Waals surface area contributed by atoms with Crippen molar-refractivity contribution in [3.8, 4) is 6.07 Å². The molecule has 0 amide bonds. The highest BCUT2D eigenvalue weighted by molar-refractivity contribution is 6.20. The molecule has 0 fully saturated rings. The molecule has 0 bridgehead atoms. The summed E-state index contributed by atoms with van der Waals surface area (Å²) in [6.07, 6.45) is 1.35. The molecule has 0 unspecified atom stereocenters. The topological polar surface area (TPSA) is 23.8 Å². The maximum Gasteiger partial charge on any atom is 0.0637 e. The molecule has 0 radical (unpaired) electrons. The van der Waals surface area contributed by atoms with Gasteiger partial charge in [-0.1, -0.05) is 6.92 Å². The van der Waals surface area contributed by atoms with Gasteiger partial charge in [0.2, 0.25) is 0 Å². The molecule has 0 saturated carbocycles. The molecular formula is C5H8ClN.